The van der Waals surface area contributed by atoms with Gasteiger partial charge in [0.1, 0.15) is 11.6 Å². The molecule has 0 saturated heterocycles. The summed E-state index contributed by atoms with van der Waals surface area (Å²) >= 11 is 1.47. The summed E-state index contributed by atoms with van der Waals surface area (Å²) in [6.45, 7) is 6.55. The van der Waals surface area contributed by atoms with Gasteiger partial charge in [0, 0.05) is 6.42 Å². The molecule has 1 aromatic carbocycles. The first-order chi connectivity index (χ1) is 9.49. The number of nitrogen functional groups attached to an aromatic ring is 1. The lowest BCUT2D eigenvalue weighted by atomic mass is 10.1. The first-order valence-corrected chi connectivity index (χ1v) is 7.30. The van der Waals surface area contributed by atoms with Crippen LogP contribution in [0.4, 0.5) is 0 Å². The molecule has 0 spiro atoms. The minimum absolute atomic E-state index is 0.0851. The number of rotatable bonds is 5. The van der Waals surface area contributed by atoms with Crippen LogP contribution in [0.2, 0.25) is 0 Å². The number of ether oxygens (including phenoxy) is 1. The van der Waals surface area contributed by atoms with Crippen LogP contribution in [-0.2, 0) is 6.42 Å². The van der Waals surface area contributed by atoms with Crippen LogP contribution < -0.4 is 10.5 Å². The van der Waals surface area contributed by atoms with Gasteiger partial charge in [-0.3, -0.25) is 5.41 Å². The second-order valence-electron chi connectivity index (χ2n) is 4.76. The lowest BCUT2D eigenvalue weighted by molar-refractivity contribution is 0.317. The molecule has 20 heavy (non-hydrogen) atoms. The molecule has 2 aromatic rings. The topological polar surface area (TPSA) is 72.0 Å². The van der Waals surface area contributed by atoms with E-state index in [4.69, 9.17) is 15.9 Å². The average Bonchev–Trinajstić information content (AvgIpc) is 2.74. The van der Waals surface area contributed by atoms with Gasteiger partial charge in [0.25, 0.3) is 0 Å². The van der Waals surface area contributed by atoms with Crippen molar-refractivity contribution in [1.29, 1.82) is 5.41 Å². The van der Waals surface area contributed by atoms with E-state index in [0.717, 1.165) is 38.9 Å². The Morgan fingerprint density at radius 3 is 2.50 bits per heavy atom. The largest absolute Gasteiger partial charge is 0.493 e. The van der Waals surface area contributed by atoms with E-state index >= 15 is 0 Å². The van der Waals surface area contributed by atoms with E-state index in [2.05, 4.69) is 4.98 Å². The maximum Gasteiger partial charge on any atom is 0.135 e. The molecule has 5 heteroatoms. The normalized spacial score (nSPS) is 10.6. The van der Waals surface area contributed by atoms with Crippen LogP contribution >= 0.6 is 11.3 Å². The second-order valence-corrected chi connectivity index (χ2v) is 5.84. The van der Waals surface area contributed by atoms with Gasteiger partial charge in [-0.1, -0.05) is 18.2 Å². The highest BCUT2D eigenvalue weighted by atomic mass is 32.1. The van der Waals surface area contributed by atoms with E-state index in [9.17, 15) is 0 Å². The molecule has 0 saturated carbocycles. The van der Waals surface area contributed by atoms with Crippen LogP contribution in [0.15, 0.2) is 18.2 Å². The third kappa shape index (κ3) is 3.17. The summed E-state index contributed by atoms with van der Waals surface area (Å²) in [6.07, 6.45) is 0.729. The van der Waals surface area contributed by atoms with Crippen molar-refractivity contribution in [2.75, 3.05) is 6.61 Å². The number of aromatic nitrogens is 1. The number of para-hydroxylation sites is 1. The van der Waals surface area contributed by atoms with Gasteiger partial charge >= 0.3 is 0 Å². The van der Waals surface area contributed by atoms with Crippen LogP contribution in [0, 0.1) is 26.2 Å². The van der Waals surface area contributed by atoms with E-state index in [1.54, 1.807) is 0 Å². The van der Waals surface area contributed by atoms with Crippen LogP contribution in [0.25, 0.3) is 0 Å². The number of nitrogens with two attached hydrogens (primary N) is 1. The number of nitrogens with one attached hydrogen (secondary N) is 1. The molecule has 0 atom stereocenters. The highest BCUT2D eigenvalue weighted by Gasteiger charge is 2.10. The van der Waals surface area contributed by atoms with Gasteiger partial charge in [-0.15, -0.1) is 11.3 Å². The quantitative estimate of drug-likeness (QED) is 0.656. The number of aryl methyl sites for hydroxylation is 3. The summed E-state index contributed by atoms with van der Waals surface area (Å²) in [7, 11) is 0. The zero-order chi connectivity index (χ0) is 14.7. The molecule has 0 radical (unpaired) electrons. The first kappa shape index (κ1) is 14.5. The van der Waals surface area contributed by atoms with Crippen molar-refractivity contribution in [3.63, 3.8) is 0 Å². The van der Waals surface area contributed by atoms with E-state index in [1.165, 1.54) is 11.3 Å². The fourth-order valence-electron chi connectivity index (χ4n) is 2.08. The molecule has 0 aliphatic rings. The van der Waals surface area contributed by atoms with Gasteiger partial charge in [-0.25, -0.2) is 4.98 Å². The smallest absolute Gasteiger partial charge is 0.135 e. The van der Waals surface area contributed by atoms with Gasteiger partial charge in [-0.2, -0.15) is 0 Å². The summed E-state index contributed by atoms with van der Waals surface area (Å²) in [4.78, 5) is 5.18. The molecule has 1 heterocycles. The molecule has 3 N–H and O–H groups in total. The maximum atomic E-state index is 7.47. The lowest BCUT2D eigenvalue weighted by Gasteiger charge is -2.10. The number of thiazole rings is 1. The van der Waals surface area contributed by atoms with Crippen LogP contribution in [0.1, 0.15) is 26.7 Å². The fourth-order valence-corrected chi connectivity index (χ4v) is 2.98. The fraction of sp³-hybridized carbons (Fsp3) is 0.333. The molecule has 0 aliphatic carbocycles. The van der Waals surface area contributed by atoms with Crippen molar-refractivity contribution in [3.8, 4) is 5.75 Å². The monoisotopic (exact) mass is 289 g/mol. The number of hydrogen-bond acceptors (Lipinski definition) is 4. The number of benzene rings is 1. The summed E-state index contributed by atoms with van der Waals surface area (Å²) < 4.78 is 5.86. The molecule has 106 valence electrons. The predicted molar refractivity (Wildman–Crippen MR) is 83.0 cm³/mol. The summed E-state index contributed by atoms with van der Waals surface area (Å²) in [5.74, 6) is 1.04. The number of hydrogen-bond donors (Lipinski definition) is 2. The van der Waals surface area contributed by atoms with Crippen LogP contribution in [0.5, 0.6) is 5.75 Å². The Hall–Kier alpha value is -1.88. The highest BCUT2D eigenvalue weighted by molar-refractivity contribution is 7.13. The van der Waals surface area contributed by atoms with Crippen molar-refractivity contribution in [3.05, 3.63) is 44.9 Å². The SMILES string of the molecule is Cc1cccc(C)c1OCCc1nc(C)c(C(=N)N)s1. The molecule has 4 nitrogen and oxygen atoms in total. The van der Waals surface area contributed by atoms with E-state index < -0.39 is 0 Å². The van der Waals surface area contributed by atoms with E-state index in [-0.39, 0.29) is 5.84 Å². The Kier molecular flexibility index (Phi) is 4.39. The lowest BCUT2D eigenvalue weighted by Crippen LogP contribution is -2.10. The molecule has 2 rings (SSSR count). The zero-order valence-electron chi connectivity index (χ0n) is 12.0. The van der Waals surface area contributed by atoms with E-state index in [1.807, 2.05) is 39.0 Å². The van der Waals surface area contributed by atoms with Gasteiger partial charge in [0.15, 0.2) is 0 Å². The minimum Gasteiger partial charge on any atom is -0.493 e. The Balaban J connectivity index is 2.00. The Morgan fingerprint density at radius 1 is 1.30 bits per heavy atom. The third-order valence-corrected chi connectivity index (χ3v) is 4.31. The standard InChI is InChI=1S/C15H19N3OS/c1-9-5-4-6-10(2)13(9)19-8-7-12-18-11(3)14(20-12)15(16)17/h4-6H,7-8H2,1-3H3,(H3,16,17). The molecule has 0 fully saturated rings. The Bertz CT molecular complexity index is 614. The highest BCUT2D eigenvalue weighted by Crippen LogP contribution is 2.23. The summed E-state index contributed by atoms with van der Waals surface area (Å²) in [6, 6.07) is 6.12. The van der Waals surface area contributed by atoms with Crippen molar-refractivity contribution < 1.29 is 4.74 Å². The third-order valence-electron chi connectivity index (χ3n) is 3.06. The van der Waals surface area contributed by atoms with Gasteiger partial charge < -0.3 is 10.5 Å². The van der Waals surface area contributed by atoms with E-state index in [0.29, 0.717) is 6.61 Å². The van der Waals surface area contributed by atoms with Gasteiger partial charge in [0.2, 0.25) is 0 Å². The molecule has 0 unspecified atom stereocenters. The number of nitrogens with zero attached hydrogens (tertiary/aromatic N) is 1. The zero-order valence-corrected chi connectivity index (χ0v) is 12.8. The molecule has 1 aromatic heterocycles. The predicted octanol–water partition coefficient (Wildman–Crippen LogP) is 2.97. The Labute approximate surface area is 123 Å². The molecule has 0 amide bonds. The summed E-state index contributed by atoms with van der Waals surface area (Å²) in [5, 5.41) is 8.43. The minimum atomic E-state index is 0.0851. The molecule has 0 bridgehead atoms. The molecular formula is C15H19N3OS. The second kappa shape index (κ2) is 6.05. The van der Waals surface area contributed by atoms with Crippen molar-refractivity contribution in [2.45, 2.75) is 27.2 Å². The van der Waals surface area contributed by atoms with Crippen LogP contribution in [-0.4, -0.2) is 17.4 Å². The molecule has 0 aliphatic heterocycles. The summed E-state index contributed by atoms with van der Waals surface area (Å²) in [5.41, 5.74) is 8.62. The van der Waals surface area contributed by atoms with Crippen molar-refractivity contribution >= 4 is 17.2 Å². The van der Waals surface area contributed by atoms with Crippen LogP contribution in [0.3, 0.4) is 0 Å². The number of amidine groups is 1. The Morgan fingerprint density at radius 2 is 1.95 bits per heavy atom. The first-order valence-electron chi connectivity index (χ1n) is 6.48. The molecular weight excluding hydrogens is 270 g/mol. The van der Waals surface area contributed by atoms with Crippen molar-refractivity contribution in [2.24, 2.45) is 5.73 Å². The average molecular weight is 289 g/mol. The van der Waals surface area contributed by atoms with Gasteiger partial charge in [-0.05, 0) is 31.9 Å². The van der Waals surface area contributed by atoms with Gasteiger partial charge in [0.05, 0.1) is 22.2 Å². The maximum absolute atomic E-state index is 7.47. The van der Waals surface area contributed by atoms with Crippen molar-refractivity contribution in [1.82, 2.24) is 4.98 Å².